The second kappa shape index (κ2) is 11.7. The molecule has 10 nitrogen and oxygen atoms in total. The Morgan fingerprint density at radius 3 is 2.74 bits per heavy atom. The molecule has 1 N–H and O–H groups in total. The summed E-state index contributed by atoms with van der Waals surface area (Å²) in [6, 6.07) is 9.53. The Balaban J connectivity index is 1.47. The normalized spacial score (nSPS) is 19.0. The molecule has 2 atom stereocenters. The highest BCUT2D eigenvalue weighted by atomic mass is 35.5. The van der Waals surface area contributed by atoms with E-state index in [1.807, 2.05) is 4.90 Å². The average Bonchev–Trinajstić information content (AvgIpc) is 2.99. The molecule has 0 aliphatic carbocycles. The zero-order valence-corrected chi connectivity index (χ0v) is 24.1. The maximum absolute atomic E-state index is 16.5. The molecule has 0 saturated carbocycles. The van der Waals surface area contributed by atoms with Crippen LogP contribution < -0.4 is 9.64 Å². The summed E-state index contributed by atoms with van der Waals surface area (Å²) in [6.45, 7) is 4.79. The largest absolute Gasteiger partial charge is 0.465 e. The van der Waals surface area contributed by atoms with Gasteiger partial charge in [-0.15, -0.1) is 0 Å². The van der Waals surface area contributed by atoms with Crippen molar-refractivity contribution < 1.29 is 23.4 Å². The van der Waals surface area contributed by atoms with Crippen LogP contribution >= 0.6 is 11.6 Å². The maximum atomic E-state index is 16.5. The second-order valence-corrected chi connectivity index (χ2v) is 11.0. The quantitative estimate of drug-likeness (QED) is 0.297. The van der Waals surface area contributed by atoms with Crippen molar-refractivity contribution >= 4 is 45.2 Å². The predicted molar refractivity (Wildman–Crippen MR) is 157 cm³/mol. The van der Waals surface area contributed by atoms with Gasteiger partial charge in [0.15, 0.2) is 5.82 Å². The number of likely N-dealkylation sites (tertiary alicyclic amines) is 1. The number of ether oxygens (including phenoxy) is 1. The number of hydrogen-bond acceptors (Lipinski definition) is 8. The molecule has 222 valence electrons. The Hall–Kier alpha value is -4.34. The molecule has 2 fully saturated rings. The number of nitrogens with zero attached hydrogens (tertiary/aromatic N) is 7. The van der Waals surface area contributed by atoms with Crippen molar-refractivity contribution in [2.24, 2.45) is 0 Å². The number of anilines is 1. The summed E-state index contributed by atoms with van der Waals surface area (Å²) in [5.74, 6) is -1.06. The van der Waals surface area contributed by atoms with Crippen LogP contribution in [0.3, 0.4) is 0 Å². The second-order valence-electron chi connectivity index (χ2n) is 10.6. The van der Waals surface area contributed by atoms with E-state index in [4.69, 9.17) is 16.3 Å². The van der Waals surface area contributed by atoms with Gasteiger partial charge in [-0.3, -0.25) is 9.88 Å². The molecule has 13 heteroatoms. The van der Waals surface area contributed by atoms with Crippen LogP contribution in [0.5, 0.6) is 6.01 Å². The van der Waals surface area contributed by atoms with Crippen molar-refractivity contribution in [2.75, 3.05) is 44.2 Å². The maximum Gasteiger partial charge on any atom is 0.407 e. The van der Waals surface area contributed by atoms with Crippen molar-refractivity contribution in [2.45, 2.75) is 31.8 Å². The van der Waals surface area contributed by atoms with Gasteiger partial charge in [-0.2, -0.15) is 15.2 Å². The number of rotatable bonds is 7. The molecular formula is C30H28ClF2N7O3. The first-order valence-corrected chi connectivity index (χ1v) is 14.4. The van der Waals surface area contributed by atoms with E-state index in [1.165, 1.54) is 17.2 Å². The Kier molecular flexibility index (Phi) is 7.85. The SMILES string of the molecule is CCN1CCC1COc1nc(N2CCN(C(=O)O)[C@@H](CC#N)C2)c2cnc(-c3cccc4ccc(F)c(Cl)c34)c(F)c2n1. The lowest BCUT2D eigenvalue weighted by atomic mass is 10.0. The average molecular weight is 608 g/mol. The molecule has 43 heavy (non-hydrogen) atoms. The van der Waals surface area contributed by atoms with Gasteiger partial charge in [-0.1, -0.05) is 42.8 Å². The first kappa shape index (κ1) is 28.8. The number of aromatic nitrogens is 3. The van der Waals surface area contributed by atoms with Gasteiger partial charge < -0.3 is 19.6 Å². The molecular weight excluding hydrogens is 580 g/mol. The zero-order chi connectivity index (χ0) is 30.2. The number of amides is 1. The number of hydrogen-bond donors (Lipinski definition) is 1. The first-order valence-electron chi connectivity index (χ1n) is 14.0. The fraction of sp³-hybridized carbons (Fsp3) is 0.367. The third-order valence-corrected chi connectivity index (χ3v) is 8.64. The lowest BCUT2D eigenvalue weighted by Crippen LogP contribution is -2.55. The number of benzene rings is 2. The molecule has 6 rings (SSSR count). The molecule has 4 aromatic rings. The van der Waals surface area contributed by atoms with Gasteiger partial charge >= 0.3 is 12.1 Å². The minimum Gasteiger partial charge on any atom is -0.465 e. The fourth-order valence-corrected chi connectivity index (χ4v) is 6.15. The van der Waals surface area contributed by atoms with E-state index in [0.717, 1.165) is 19.5 Å². The van der Waals surface area contributed by atoms with Gasteiger partial charge in [-0.25, -0.2) is 13.6 Å². The van der Waals surface area contributed by atoms with Crippen LogP contribution in [0.1, 0.15) is 19.8 Å². The third-order valence-electron chi connectivity index (χ3n) is 8.27. The van der Waals surface area contributed by atoms with Crippen LogP contribution in [0, 0.1) is 23.0 Å². The summed E-state index contributed by atoms with van der Waals surface area (Å²) in [5.41, 5.74) is 0.199. The molecule has 0 radical (unpaired) electrons. The number of piperazine rings is 1. The Bertz CT molecular complexity index is 1770. The van der Waals surface area contributed by atoms with Crippen LogP contribution in [0.15, 0.2) is 36.5 Å². The molecule has 2 aliphatic rings. The Morgan fingerprint density at radius 1 is 1.19 bits per heavy atom. The number of pyridine rings is 1. The summed E-state index contributed by atoms with van der Waals surface area (Å²) in [7, 11) is 0. The summed E-state index contributed by atoms with van der Waals surface area (Å²) in [4.78, 5) is 30.6. The molecule has 0 bridgehead atoms. The minimum atomic E-state index is -1.11. The van der Waals surface area contributed by atoms with Gasteiger partial charge in [0.1, 0.15) is 29.5 Å². The lowest BCUT2D eigenvalue weighted by Gasteiger charge is -2.40. The predicted octanol–water partition coefficient (Wildman–Crippen LogP) is 5.33. The highest BCUT2D eigenvalue weighted by Crippen LogP contribution is 2.38. The third kappa shape index (κ3) is 5.23. The molecule has 1 amide bonds. The van der Waals surface area contributed by atoms with E-state index in [0.29, 0.717) is 34.1 Å². The van der Waals surface area contributed by atoms with E-state index in [9.17, 15) is 19.6 Å². The Morgan fingerprint density at radius 2 is 2.02 bits per heavy atom. The van der Waals surface area contributed by atoms with E-state index in [1.54, 1.807) is 24.3 Å². The molecule has 2 aliphatic heterocycles. The van der Waals surface area contributed by atoms with Gasteiger partial charge in [0.2, 0.25) is 0 Å². The van der Waals surface area contributed by atoms with Crippen LogP contribution in [0.25, 0.3) is 32.9 Å². The lowest BCUT2D eigenvalue weighted by molar-refractivity contribution is 0.0530. The standard InChI is InChI=1S/C30H28ClF2N7O3/c1-2-38-11-9-19(38)16-43-29-36-27-21(28(37-29)39-12-13-40(30(41)42)18(15-39)8-10-34)14-35-26(25(27)33)20-5-3-4-17-6-7-22(32)24(31)23(17)20/h3-7,14,18-19H,2,8-9,11-13,15-16H2,1H3,(H,41,42)/t18-,19?/m0/s1. The van der Waals surface area contributed by atoms with Crippen LogP contribution in [-0.4, -0.2) is 87.4 Å². The van der Waals surface area contributed by atoms with E-state index in [-0.39, 0.29) is 54.3 Å². The number of carboxylic acid groups (broad SMARTS) is 1. The Labute approximate surface area is 251 Å². The summed E-state index contributed by atoms with van der Waals surface area (Å²) < 4.78 is 37.0. The smallest absolute Gasteiger partial charge is 0.407 e. The molecule has 2 saturated heterocycles. The zero-order valence-electron chi connectivity index (χ0n) is 23.3. The number of likely N-dealkylation sites (N-methyl/N-ethyl adjacent to an activating group) is 1. The van der Waals surface area contributed by atoms with Crippen molar-refractivity contribution in [1.82, 2.24) is 24.8 Å². The molecule has 4 heterocycles. The van der Waals surface area contributed by atoms with Crippen molar-refractivity contribution in [1.29, 1.82) is 5.26 Å². The van der Waals surface area contributed by atoms with E-state index < -0.39 is 23.8 Å². The topological polar surface area (TPSA) is 119 Å². The van der Waals surface area contributed by atoms with Crippen molar-refractivity contribution in [3.63, 3.8) is 0 Å². The number of halogens is 3. The van der Waals surface area contributed by atoms with Crippen LogP contribution in [-0.2, 0) is 0 Å². The van der Waals surface area contributed by atoms with Gasteiger partial charge in [-0.05, 0) is 24.4 Å². The van der Waals surface area contributed by atoms with Gasteiger partial charge in [0.05, 0.1) is 28.9 Å². The minimum absolute atomic E-state index is 0.0150. The first-order chi connectivity index (χ1) is 20.8. The molecule has 1 unspecified atom stereocenters. The van der Waals surface area contributed by atoms with Gasteiger partial charge in [0.25, 0.3) is 0 Å². The van der Waals surface area contributed by atoms with Crippen molar-refractivity contribution in [3.8, 4) is 23.3 Å². The van der Waals surface area contributed by atoms with Crippen molar-refractivity contribution in [3.05, 3.63) is 53.2 Å². The summed E-state index contributed by atoms with van der Waals surface area (Å²) in [6.07, 6.45) is 1.29. The number of nitriles is 1. The van der Waals surface area contributed by atoms with E-state index in [2.05, 4.69) is 32.8 Å². The molecule has 2 aromatic carbocycles. The van der Waals surface area contributed by atoms with Crippen LogP contribution in [0.2, 0.25) is 5.02 Å². The highest BCUT2D eigenvalue weighted by Gasteiger charge is 2.33. The molecule has 2 aromatic heterocycles. The van der Waals surface area contributed by atoms with Crippen LogP contribution in [0.4, 0.5) is 19.4 Å². The number of carbonyl (C=O) groups is 1. The van der Waals surface area contributed by atoms with Gasteiger partial charge in [0, 0.05) is 49.4 Å². The number of fused-ring (bicyclic) bond motifs is 2. The summed E-state index contributed by atoms with van der Waals surface area (Å²) >= 11 is 6.34. The summed E-state index contributed by atoms with van der Waals surface area (Å²) in [5, 5.41) is 20.1. The monoisotopic (exact) mass is 607 g/mol. The van der Waals surface area contributed by atoms with E-state index >= 15 is 4.39 Å². The fourth-order valence-electron chi connectivity index (χ4n) is 5.87. The molecule has 0 spiro atoms. The highest BCUT2D eigenvalue weighted by molar-refractivity contribution is 6.36.